The van der Waals surface area contributed by atoms with E-state index in [-0.39, 0.29) is 12.5 Å². The number of carbonyl (C=O) groups excluding carboxylic acids is 1. The third kappa shape index (κ3) is 4.44. The number of methoxy groups -OCH3 is 1. The lowest BCUT2D eigenvalue weighted by molar-refractivity contribution is -0.118. The van der Waals surface area contributed by atoms with Crippen LogP contribution < -0.4 is 10.5 Å². The van der Waals surface area contributed by atoms with Crippen molar-refractivity contribution in [2.45, 2.75) is 19.6 Å². The number of nitrogens with two attached hydrogens (primary N) is 1. The van der Waals surface area contributed by atoms with Crippen molar-refractivity contribution in [2.75, 3.05) is 33.3 Å². The Morgan fingerprint density at radius 1 is 0.931 bits per heavy atom. The quantitative estimate of drug-likeness (QED) is 0.671. The molecule has 0 bridgehead atoms. The second-order valence-electron chi connectivity index (χ2n) is 7.63. The maximum absolute atomic E-state index is 11.4. The number of carbonyl (C=O) groups is 1. The van der Waals surface area contributed by atoms with Crippen LogP contribution in [0, 0.1) is 0 Å². The minimum absolute atomic E-state index is 0.215. The summed E-state index contributed by atoms with van der Waals surface area (Å²) in [5, 5.41) is 1.20. The molecule has 2 N–H and O–H groups in total. The number of primary amides is 1. The molecular weight excluding hydrogens is 364 g/mol. The third-order valence-electron chi connectivity index (χ3n) is 5.64. The number of aromatic nitrogens is 1. The van der Waals surface area contributed by atoms with Crippen LogP contribution >= 0.6 is 0 Å². The Balaban J connectivity index is 1.40. The summed E-state index contributed by atoms with van der Waals surface area (Å²) < 4.78 is 7.45. The van der Waals surface area contributed by atoms with Gasteiger partial charge in [0, 0.05) is 61.9 Å². The van der Waals surface area contributed by atoms with Crippen molar-refractivity contribution in [3.05, 3.63) is 65.9 Å². The van der Waals surface area contributed by atoms with Crippen LogP contribution in [0.3, 0.4) is 0 Å². The van der Waals surface area contributed by atoms with Crippen LogP contribution in [-0.2, 0) is 24.4 Å². The van der Waals surface area contributed by atoms with Gasteiger partial charge < -0.3 is 15.0 Å². The molecule has 1 fully saturated rings. The van der Waals surface area contributed by atoms with Crippen LogP contribution in [0.2, 0.25) is 0 Å². The second kappa shape index (κ2) is 8.68. The summed E-state index contributed by atoms with van der Waals surface area (Å²) in [5.74, 6) is 0.638. The lowest BCUT2D eigenvalue weighted by atomic mass is 10.1. The first-order chi connectivity index (χ1) is 14.1. The summed E-state index contributed by atoms with van der Waals surface area (Å²) in [6, 6.07) is 16.5. The standard InChI is InChI=1S/C23H28N4O2/c1-29-22-9-5-2-6-18(22)14-25-10-12-26(13-11-25)15-19-16-27(17-23(24)28)21-8-4-3-7-20(19)21/h2-9,16H,10-15,17H2,1H3,(H2,24,28). The first kappa shape index (κ1) is 19.5. The monoisotopic (exact) mass is 392 g/mol. The highest BCUT2D eigenvalue weighted by Gasteiger charge is 2.20. The molecule has 0 radical (unpaired) electrons. The lowest BCUT2D eigenvalue weighted by Crippen LogP contribution is -2.45. The van der Waals surface area contributed by atoms with Crippen molar-refractivity contribution in [3.63, 3.8) is 0 Å². The molecule has 1 aromatic heterocycles. The highest BCUT2D eigenvalue weighted by molar-refractivity contribution is 5.85. The number of benzene rings is 2. The smallest absolute Gasteiger partial charge is 0.237 e. The third-order valence-corrected chi connectivity index (χ3v) is 5.64. The van der Waals surface area contributed by atoms with Gasteiger partial charge in [-0.25, -0.2) is 0 Å². The fourth-order valence-electron chi connectivity index (χ4n) is 4.17. The van der Waals surface area contributed by atoms with Crippen molar-refractivity contribution in [1.29, 1.82) is 0 Å². The normalized spacial score (nSPS) is 15.6. The summed E-state index contributed by atoms with van der Waals surface area (Å²) in [7, 11) is 1.73. The molecule has 2 aromatic carbocycles. The van der Waals surface area contributed by atoms with Crippen molar-refractivity contribution >= 4 is 16.8 Å². The molecular formula is C23H28N4O2. The van der Waals surface area contributed by atoms with Crippen LogP contribution in [0.25, 0.3) is 10.9 Å². The number of piperazine rings is 1. The van der Waals surface area contributed by atoms with E-state index in [0.717, 1.165) is 50.5 Å². The first-order valence-corrected chi connectivity index (χ1v) is 10.1. The van der Waals surface area contributed by atoms with E-state index in [4.69, 9.17) is 10.5 Å². The van der Waals surface area contributed by atoms with Crippen LogP contribution in [0.4, 0.5) is 0 Å². The van der Waals surface area contributed by atoms with Gasteiger partial charge in [-0.3, -0.25) is 14.6 Å². The molecule has 1 aliphatic heterocycles. The number of hydrogen-bond acceptors (Lipinski definition) is 4. The van der Waals surface area contributed by atoms with Crippen LogP contribution in [0.15, 0.2) is 54.7 Å². The fourth-order valence-corrected chi connectivity index (χ4v) is 4.17. The predicted octanol–water partition coefficient (Wildman–Crippen LogP) is 2.45. The van der Waals surface area contributed by atoms with E-state index in [1.165, 1.54) is 16.5 Å². The Morgan fingerprint density at radius 2 is 1.55 bits per heavy atom. The van der Waals surface area contributed by atoms with Crippen molar-refractivity contribution < 1.29 is 9.53 Å². The molecule has 0 unspecified atom stereocenters. The number of rotatable bonds is 7. The summed E-state index contributed by atoms with van der Waals surface area (Å²) >= 11 is 0. The minimum Gasteiger partial charge on any atom is -0.496 e. The number of hydrogen-bond donors (Lipinski definition) is 1. The predicted molar refractivity (Wildman–Crippen MR) is 115 cm³/mol. The largest absolute Gasteiger partial charge is 0.496 e. The van der Waals surface area contributed by atoms with Gasteiger partial charge in [0.15, 0.2) is 0 Å². The highest BCUT2D eigenvalue weighted by atomic mass is 16.5. The van der Waals surface area contributed by atoms with E-state index >= 15 is 0 Å². The molecule has 1 saturated heterocycles. The van der Waals surface area contributed by atoms with Gasteiger partial charge in [-0.15, -0.1) is 0 Å². The van der Waals surface area contributed by atoms with E-state index in [2.05, 4.69) is 34.2 Å². The molecule has 1 amide bonds. The summed E-state index contributed by atoms with van der Waals surface area (Å²) in [5.41, 5.74) is 8.97. The van der Waals surface area contributed by atoms with E-state index < -0.39 is 0 Å². The highest BCUT2D eigenvalue weighted by Crippen LogP contribution is 2.24. The molecule has 4 rings (SSSR count). The average Bonchev–Trinajstić information content (AvgIpc) is 3.06. The van der Waals surface area contributed by atoms with Crippen LogP contribution in [0.5, 0.6) is 5.75 Å². The number of ether oxygens (including phenoxy) is 1. The lowest BCUT2D eigenvalue weighted by Gasteiger charge is -2.34. The summed E-state index contributed by atoms with van der Waals surface area (Å²) in [6.45, 7) is 6.10. The summed E-state index contributed by atoms with van der Waals surface area (Å²) in [6.07, 6.45) is 2.08. The van der Waals surface area contributed by atoms with Crippen molar-refractivity contribution in [3.8, 4) is 5.75 Å². The molecule has 152 valence electrons. The van der Waals surface area contributed by atoms with Gasteiger partial charge in [0.1, 0.15) is 12.3 Å². The molecule has 6 nitrogen and oxygen atoms in total. The molecule has 0 saturated carbocycles. The average molecular weight is 393 g/mol. The maximum atomic E-state index is 11.4. The van der Waals surface area contributed by atoms with Gasteiger partial charge in [0.2, 0.25) is 5.91 Å². The molecule has 0 spiro atoms. The Kier molecular flexibility index (Phi) is 5.83. The maximum Gasteiger partial charge on any atom is 0.237 e. The zero-order valence-electron chi connectivity index (χ0n) is 16.9. The number of fused-ring (bicyclic) bond motifs is 1. The Morgan fingerprint density at radius 3 is 2.24 bits per heavy atom. The van der Waals surface area contributed by atoms with E-state index in [1.54, 1.807) is 7.11 Å². The SMILES string of the molecule is COc1ccccc1CN1CCN(Cc2cn(CC(N)=O)c3ccccc23)CC1. The second-order valence-corrected chi connectivity index (χ2v) is 7.63. The zero-order valence-corrected chi connectivity index (χ0v) is 16.9. The molecule has 0 atom stereocenters. The topological polar surface area (TPSA) is 63.7 Å². The molecule has 0 aliphatic carbocycles. The van der Waals surface area contributed by atoms with Gasteiger partial charge in [0.05, 0.1) is 7.11 Å². The van der Waals surface area contributed by atoms with Gasteiger partial charge in [-0.2, -0.15) is 0 Å². The van der Waals surface area contributed by atoms with Gasteiger partial charge in [0.25, 0.3) is 0 Å². The molecule has 6 heteroatoms. The van der Waals surface area contributed by atoms with Crippen molar-refractivity contribution in [1.82, 2.24) is 14.4 Å². The van der Waals surface area contributed by atoms with Crippen LogP contribution in [-0.4, -0.2) is 53.6 Å². The molecule has 2 heterocycles. The van der Waals surface area contributed by atoms with Crippen LogP contribution in [0.1, 0.15) is 11.1 Å². The van der Waals surface area contributed by atoms with Gasteiger partial charge in [-0.1, -0.05) is 36.4 Å². The fraction of sp³-hybridized carbons (Fsp3) is 0.348. The van der Waals surface area contributed by atoms with E-state index in [9.17, 15) is 4.79 Å². The Labute approximate surface area is 171 Å². The molecule has 29 heavy (non-hydrogen) atoms. The zero-order chi connectivity index (χ0) is 20.2. The van der Waals surface area contributed by atoms with Gasteiger partial charge >= 0.3 is 0 Å². The first-order valence-electron chi connectivity index (χ1n) is 10.1. The number of amides is 1. The molecule has 1 aliphatic rings. The number of para-hydroxylation sites is 2. The Bertz CT molecular complexity index is 989. The minimum atomic E-state index is -0.317. The Hall–Kier alpha value is -2.83. The number of nitrogens with zero attached hydrogens (tertiary/aromatic N) is 3. The van der Waals surface area contributed by atoms with Crippen molar-refractivity contribution in [2.24, 2.45) is 5.73 Å². The van der Waals surface area contributed by atoms with Gasteiger partial charge in [-0.05, 0) is 17.7 Å². The summed E-state index contributed by atoms with van der Waals surface area (Å²) in [4.78, 5) is 16.4. The van der Waals surface area contributed by atoms with E-state index in [1.807, 2.05) is 34.9 Å². The molecule has 3 aromatic rings. The van der Waals surface area contributed by atoms with E-state index in [0.29, 0.717) is 0 Å².